The van der Waals surface area contributed by atoms with E-state index in [1.165, 1.54) is 11.3 Å². The van der Waals surface area contributed by atoms with E-state index in [4.69, 9.17) is 0 Å². The van der Waals surface area contributed by atoms with E-state index < -0.39 is 0 Å². The summed E-state index contributed by atoms with van der Waals surface area (Å²) in [5.74, 6) is 1.84. The van der Waals surface area contributed by atoms with Crippen molar-refractivity contribution >= 4 is 17.2 Å². The van der Waals surface area contributed by atoms with Crippen molar-refractivity contribution in [1.82, 2.24) is 9.97 Å². The molecule has 98 valence electrons. The zero-order valence-electron chi connectivity index (χ0n) is 11.8. The van der Waals surface area contributed by atoms with Gasteiger partial charge in [0, 0.05) is 12.7 Å². The molecule has 3 rings (SSSR count). The Morgan fingerprint density at radius 3 is 2.63 bits per heavy atom. The van der Waals surface area contributed by atoms with Crippen molar-refractivity contribution < 1.29 is 0 Å². The number of hydrogen-bond donors (Lipinski definition) is 0. The van der Waals surface area contributed by atoms with Gasteiger partial charge in [-0.05, 0) is 38.5 Å². The summed E-state index contributed by atoms with van der Waals surface area (Å²) >= 11 is 0. The van der Waals surface area contributed by atoms with Crippen LogP contribution in [0.3, 0.4) is 0 Å². The molecule has 0 bridgehead atoms. The second kappa shape index (κ2) is 4.23. The standard InChI is InChI=1S/C15H18N4/c1-10-6-5-7-13(8-10)19-9-18(4)14-11(2)16-12(3)17-15(14)19/h5-8H,9H2,1-4H3. The summed E-state index contributed by atoms with van der Waals surface area (Å²) in [5.41, 5.74) is 4.62. The average Bonchev–Trinajstić information content (AvgIpc) is 2.66. The molecule has 0 saturated heterocycles. The summed E-state index contributed by atoms with van der Waals surface area (Å²) in [6.45, 7) is 6.92. The minimum atomic E-state index is 0.817. The van der Waals surface area contributed by atoms with Crippen LogP contribution in [0.1, 0.15) is 17.1 Å². The van der Waals surface area contributed by atoms with Gasteiger partial charge in [-0.1, -0.05) is 12.1 Å². The van der Waals surface area contributed by atoms with Crippen molar-refractivity contribution in [2.45, 2.75) is 20.8 Å². The third-order valence-corrected chi connectivity index (χ3v) is 3.46. The quantitative estimate of drug-likeness (QED) is 0.783. The number of anilines is 3. The molecule has 1 aliphatic rings. The van der Waals surface area contributed by atoms with Crippen molar-refractivity contribution in [3.05, 3.63) is 41.3 Å². The van der Waals surface area contributed by atoms with Gasteiger partial charge in [0.15, 0.2) is 5.82 Å². The van der Waals surface area contributed by atoms with Crippen LogP contribution in [-0.2, 0) is 0 Å². The van der Waals surface area contributed by atoms with Crippen LogP contribution < -0.4 is 9.80 Å². The molecule has 0 unspecified atom stereocenters. The molecule has 0 N–H and O–H groups in total. The maximum atomic E-state index is 4.63. The second-order valence-electron chi connectivity index (χ2n) is 5.13. The molecule has 1 aromatic carbocycles. The Kier molecular flexibility index (Phi) is 2.66. The van der Waals surface area contributed by atoms with Gasteiger partial charge in [-0.3, -0.25) is 0 Å². The molecule has 2 aromatic rings. The Hall–Kier alpha value is -2.10. The summed E-state index contributed by atoms with van der Waals surface area (Å²) in [4.78, 5) is 13.5. The molecular weight excluding hydrogens is 236 g/mol. The van der Waals surface area contributed by atoms with Crippen LogP contribution in [0, 0.1) is 20.8 Å². The molecule has 0 radical (unpaired) electrons. The van der Waals surface area contributed by atoms with Gasteiger partial charge in [-0.15, -0.1) is 0 Å². The molecule has 0 spiro atoms. The van der Waals surface area contributed by atoms with Crippen molar-refractivity contribution in [3.63, 3.8) is 0 Å². The Balaban J connectivity index is 2.14. The zero-order valence-corrected chi connectivity index (χ0v) is 11.8. The van der Waals surface area contributed by atoms with Crippen LogP contribution in [0.25, 0.3) is 0 Å². The molecule has 2 heterocycles. The van der Waals surface area contributed by atoms with Crippen LogP contribution in [0.15, 0.2) is 24.3 Å². The molecular formula is C15H18N4. The smallest absolute Gasteiger partial charge is 0.162 e. The predicted molar refractivity (Wildman–Crippen MR) is 78.1 cm³/mol. The van der Waals surface area contributed by atoms with Gasteiger partial charge in [-0.2, -0.15) is 0 Å². The second-order valence-corrected chi connectivity index (χ2v) is 5.13. The van der Waals surface area contributed by atoms with Gasteiger partial charge in [0.1, 0.15) is 11.5 Å². The van der Waals surface area contributed by atoms with Crippen LogP contribution in [0.2, 0.25) is 0 Å². The lowest BCUT2D eigenvalue weighted by atomic mass is 10.2. The number of fused-ring (bicyclic) bond motifs is 1. The van der Waals surface area contributed by atoms with Crippen LogP contribution in [0.5, 0.6) is 0 Å². The van der Waals surface area contributed by atoms with E-state index in [1.807, 2.05) is 13.8 Å². The normalized spacial score (nSPS) is 13.9. The van der Waals surface area contributed by atoms with Crippen molar-refractivity contribution in [1.29, 1.82) is 0 Å². The molecule has 0 atom stereocenters. The Bertz CT molecular complexity index is 636. The summed E-state index contributed by atoms with van der Waals surface area (Å²) in [5, 5.41) is 0. The first-order valence-electron chi connectivity index (χ1n) is 6.47. The highest BCUT2D eigenvalue weighted by molar-refractivity contribution is 5.80. The van der Waals surface area contributed by atoms with Crippen LogP contribution in [-0.4, -0.2) is 23.7 Å². The fourth-order valence-corrected chi connectivity index (χ4v) is 2.67. The summed E-state index contributed by atoms with van der Waals surface area (Å²) in [6, 6.07) is 8.52. The van der Waals surface area contributed by atoms with Gasteiger partial charge in [0.25, 0.3) is 0 Å². The molecule has 4 heteroatoms. The third kappa shape index (κ3) is 1.93. The summed E-state index contributed by atoms with van der Waals surface area (Å²) in [7, 11) is 2.08. The fraction of sp³-hybridized carbons (Fsp3) is 0.333. The lowest BCUT2D eigenvalue weighted by Crippen LogP contribution is -2.24. The Morgan fingerprint density at radius 1 is 1.11 bits per heavy atom. The highest BCUT2D eigenvalue weighted by Gasteiger charge is 2.28. The van der Waals surface area contributed by atoms with E-state index in [1.54, 1.807) is 0 Å². The molecule has 1 aromatic heterocycles. The number of aromatic nitrogens is 2. The van der Waals surface area contributed by atoms with E-state index in [0.717, 1.165) is 29.7 Å². The van der Waals surface area contributed by atoms with E-state index in [0.29, 0.717) is 0 Å². The van der Waals surface area contributed by atoms with Crippen molar-refractivity contribution in [2.24, 2.45) is 0 Å². The van der Waals surface area contributed by atoms with Gasteiger partial charge >= 0.3 is 0 Å². The number of benzene rings is 1. The topological polar surface area (TPSA) is 32.3 Å². The SMILES string of the molecule is Cc1cccc(N2CN(C)c3c(C)nc(C)nc32)c1. The number of aryl methyl sites for hydroxylation is 3. The first kappa shape index (κ1) is 12.0. The van der Waals surface area contributed by atoms with Gasteiger partial charge in [0.2, 0.25) is 0 Å². The summed E-state index contributed by atoms with van der Waals surface area (Å²) < 4.78 is 0. The largest absolute Gasteiger partial charge is 0.352 e. The lowest BCUT2D eigenvalue weighted by Gasteiger charge is -2.18. The maximum absolute atomic E-state index is 4.63. The molecule has 19 heavy (non-hydrogen) atoms. The number of rotatable bonds is 1. The molecule has 0 amide bonds. The van der Waals surface area contributed by atoms with Crippen molar-refractivity contribution in [3.8, 4) is 0 Å². The Morgan fingerprint density at radius 2 is 1.89 bits per heavy atom. The minimum absolute atomic E-state index is 0.817. The van der Waals surface area contributed by atoms with Crippen molar-refractivity contribution in [2.75, 3.05) is 23.5 Å². The van der Waals surface area contributed by atoms with Gasteiger partial charge < -0.3 is 9.80 Å². The maximum Gasteiger partial charge on any atom is 0.162 e. The zero-order chi connectivity index (χ0) is 13.6. The molecule has 0 aliphatic carbocycles. The third-order valence-electron chi connectivity index (χ3n) is 3.46. The molecule has 1 aliphatic heterocycles. The highest BCUT2D eigenvalue weighted by atomic mass is 15.4. The van der Waals surface area contributed by atoms with Crippen LogP contribution >= 0.6 is 0 Å². The van der Waals surface area contributed by atoms with Gasteiger partial charge in [0.05, 0.1) is 12.4 Å². The van der Waals surface area contributed by atoms with E-state index in [2.05, 4.69) is 58.0 Å². The Labute approximate surface area is 113 Å². The molecule has 0 saturated carbocycles. The molecule has 0 fully saturated rings. The van der Waals surface area contributed by atoms with Crippen LogP contribution in [0.4, 0.5) is 17.2 Å². The van der Waals surface area contributed by atoms with E-state index >= 15 is 0 Å². The van der Waals surface area contributed by atoms with E-state index in [9.17, 15) is 0 Å². The summed E-state index contributed by atoms with van der Waals surface area (Å²) in [6.07, 6.45) is 0. The first-order chi connectivity index (χ1) is 9.06. The lowest BCUT2D eigenvalue weighted by molar-refractivity contribution is 0.940. The predicted octanol–water partition coefficient (Wildman–Crippen LogP) is 2.95. The minimum Gasteiger partial charge on any atom is -0.352 e. The number of hydrogen-bond acceptors (Lipinski definition) is 4. The highest BCUT2D eigenvalue weighted by Crippen LogP contribution is 2.39. The van der Waals surface area contributed by atoms with E-state index in [-0.39, 0.29) is 0 Å². The first-order valence-corrected chi connectivity index (χ1v) is 6.47. The van der Waals surface area contributed by atoms with Gasteiger partial charge in [-0.25, -0.2) is 9.97 Å². The molecule has 4 nitrogen and oxygen atoms in total. The number of nitrogens with zero attached hydrogens (tertiary/aromatic N) is 4. The monoisotopic (exact) mass is 254 g/mol. The fourth-order valence-electron chi connectivity index (χ4n) is 2.67. The average molecular weight is 254 g/mol.